The van der Waals surface area contributed by atoms with E-state index in [-0.39, 0.29) is 21.2 Å². The molecule has 0 aromatic heterocycles. The predicted octanol–water partition coefficient (Wildman–Crippen LogP) is 6.13. The number of hydrogen-bond acceptors (Lipinski definition) is 1. The van der Waals surface area contributed by atoms with Crippen molar-refractivity contribution in [1.29, 1.82) is 0 Å². The van der Waals surface area contributed by atoms with Crippen LogP contribution in [-0.4, -0.2) is 12.0 Å². The molecule has 0 spiro atoms. The van der Waals surface area contributed by atoms with Crippen LogP contribution >= 0.6 is 23.2 Å². The molecule has 0 saturated heterocycles. The molecule has 1 nitrogen and oxygen atoms in total. The first-order chi connectivity index (χ1) is 10.7. The second-order valence-electron chi connectivity index (χ2n) is 4.94. The third-order valence-electron chi connectivity index (χ3n) is 3.09. The number of carbonyl (C=O) groups is 1. The average Bonchev–Trinajstić information content (AvgIpc) is 2.42. The van der Waals surface area contributed by atoms with E-state index >= 15 is 0 Å². The monoisotopic (exact) mass is 358 g/mol. The Morgan fingerprint density at radius 3 is 1.96 bits per heavy atom. The molecule has 0 aliphatic rings. The molecule has 0 bridgehead atoms. The Kier molecular flexibility index (Phi) is 5.17. The van der Waals surface area contributed by atoms with Crippen LogP contribution in [0.2, 0.25) is 10.0 Å². The molecule has 0 saturated carbocycles. The van der Waals surface area contributed by atoms with Crippen molar-refractivity contribution in [2.45, 2.75) is 13.1 Å². The van der Waals surface area contributed by atoms with E-state index in [0.29, 0.717) is 6.08 Å². The van der Waals surface area contributed by atoms with Gasteiger partial charge in [0.15, 0.2) is 5.78 Å². The number of hydrogen-bond donors (Lipinski definition) is 0. The summed E-state index contributed by atoms with van der Waals surface area (Å²) in [6.07, 6.45) is -4.15. The van der Waals surface area contributed by atoms with Gasteiger partial charge in [-0.1, -0.05) is 53.0 Å². The summed E-state index contributed by atoms with van der Waals surface area (Å²) in [4.78, 5) is 12.1. The highest BCUT2D eigenvalue weighted by atomic mass is 35.5. The lowest BCUT2D eigenvalue weighted by Crippen LogP contribution is -2.13. The summed E-state index contributed by atoms with van der Waals surface area (Å²) in [5, 5.41) is 0.121. The summed E-state index contributed by atoms with van der Waals surface area (Å²) in [5.41, 5.74) is -0.267. The van der Waals surface area contributed by atoms with Crippen LogP contribution in [0.25, 0.3) is 5.57 Å². The van der Waals surface area contributed by atoms with Crippen LogP contribution in [0, 0.1) is 6.92 Å². The van der Waals surface area contributed by atoms with Gasteiger partial charge in [0, 0.05) is 15.6 Å². The Bertz CT molecular complexity index is 742. The largest absolute Gasteiger partial charge is 0.417 e. The molecular formula is C17H11Cl2F3O. The molecule has 0 radical (unpaired) electrons. The zero-order valence-electron chi connectivity index (χ0n) is 11.9. The van der Waals surface area contributed by atoms with Crippen molar-refractivity contribution in [3.8, 4) is 0 Å². The van der Waals surface area contributed by atoms with Crippen LogP contribution in [0.5, 0.6) is 0 Å². The Morgan fingerprint density at radius 2 is 1.48 bits per heavy atom. The van der Waals surface area contributed by atoms with Gasteiger partial charge in [0.2, 0.25) is 0 Å². The van der Waals surface area contributed by atoms with Crippen molar-refractivity contribution in [2.75, 3.05) is 0 Å². The van der Waals surface area contributed by atoms with E-state index in [1.165, 1.54) is 18.2 Å². The second-order valence-corrected chi connectivity index (χ2v) is 5.82. The molecule has 23 heavy (non-hydrogen) atoms. The molecule has 0 fully saturated rings. The highest BCUT2D eigenvalue weighted by molar-refractivity contribution is 6.35. The first kappa shape index (κ1) is 17.6. The van der Waals surface area contributed by atoms with E-state index < -0.39 is 17.5 Å². The smallest absolute Gasteiger partial charge is 0.289 e. The summed E-state index contributed by atoms with van der Waals surface area (Å²) in [5.74, 6) is -0.742. The van der Waals surface area contributed by atoms with Gasteiger partial charge in [-0.25, -0.2) is 0 Å². The highest BCUT2D eigenvalue weighted by Gasteiger charge is 2.35. The quantitative estimate of drug-likeness (QED) is 0.476. The predicted molar refractivity (Wildman–Crippen MR) is 86.0 cm³/mol. The molecule has 0 amide bonds. The summed E-state index contributed by atoms with van der Waals surface area (Å²) in [7, 11) is 0. The molecule has 6 heteroatoms. The minimum atomic E-state index is -4.71. The van der Waals surface area contributed by atoms with Gasteiger partial charge in [-0.3, -0.25) is 4.79 Å². The first-order valence-electron chi connectivity index (χ1n) is 6.53. The van der Waals surface area contributed by atoms with Gasteiger partial charge >= 0.3 is 6.18 Å². The number of alkyl halides is 3. The number of rotatable bonds is 3. The molecular weight excluding hydrogens is 348 g/mol. The van der Waals surface area contributed by atoms with Crippen LogP contribution in [-0.2, 0) is 0 Å². The standard InChI is InChI=1S/C17H11Cl2F3O/c1-10-2-4-11(5-3-10)16(23)9-15(17(20,21)22)12-6-13(18)8-14(19)7-12/h2-9H,1H3. The highest BCUT2D eigenvalue weighted by Crippen LogP contribution is 2.36. The van der Waals surface area contributed by atoms with Crippen molar-refractivity contribution in [1.82, 2.24) is 0 Å². The van der Waals surface area contributed by atoms with Crippen LogP contribution in [0.1, 0.15) is 21.5 Å². The number of allylic oxidation sites excluding steroid dienone is 2. The number of carbonyl (C=O) groups excluding carboxylic acids is 1. The Hall–Kier alpha value is -1.78. The van der Waals surface area contributed by atoms with Crippen molar-refractivity contribution in [2.24, 2.45) is 0 Å². The summed E-state index contributed by atoms with van der Waals surface area (Å²) < 4.78 is 39.9. The summed E-state index contributed by atoms with van der Waals surface area (Å²) in [6.45, 7) is 1.82. The Morgan fingerprint density at radius 1 is 0.957 bits per heavy atom. The minimum Gasteiger partial charge on any atom is -0.289 e. The van der Waals surface area contributed by atoms with Crippen molar-refractivity contribution in [3.05, 3.63) is 75.3 Å². The second kappa shape index (κ2) is 6.77. The average molecular weight is 359 g/mol. The number of aryl methyl sites for hydroxylation is 1. The van der Waals surface area contributed by atoms with Gasteiger partial charge in [-0.05, 0) is 36.8 Å². The molecule has 120 valence electrons. The molecule has 2 rings (SSSR count). The lowest BCUT2D eigenvalue weighted by atomic mass is 10.0. The van der Waals surface area contributed by atoms with Crippen molar-refractivity contribution >= 4 is 34.6 Å². The van der Waals surface area contributed by atoms with Crippen LogP contribution < -0.4 is 0 Å². The number of halogens is 5. The SMILES string of the molecule is Cc1ccc(C(=O)C=C(c2cc(Cl)cc(Cl)c2)C(F)(F)F)cc1. The van der Waals surface area contributed by atoms with Crippen molar-refractivity contribution < 1.29 is 18.0 Å². The molecule has 0 unspecified atom stereocenters. The van der Waals surface area contributed by atoms with Gasteiger partial charge in [-0.15, -0.1) is 0 Å². The van der Waals surface area contributed by atoms with E-state index in [1.807, 2.05) is 6.92 Å². The number of benzene rings is 2. The Balaban J connectivity index is 2.50. The molecule has 0 aliphatic carbocycles. The maximum absolute atomic E-state index is 13.3. The van der Waals surface area contributed by atoms with E-state index in [9.17, 15) is 18.0 Å². The minimum absolute atomic E-state index is 0.0606. The first-order valence-corrected chi connectivity index (χ1v) is 7.29. The topological polar surface area (TPSA) is 17.1 Å². The van der Waals surface area contributed by atoms with Crippen LogP contribution in [0.4, 0.5) is 13.2 Å². The molecule has 0 atom stereocenters. The summed E-state index contributed by atoms with van der Waals surface area (Å²) in [6, 6.07) is 9.84. The fourth-order valence-electron chi connectivity index (χ4n) is 1.97. The van der Waals surface area contributed by atoms with Gasteiger partial charge in [0.1, 0.15) is 0 Å². The van der Waals surface area contributed by atoms with Crippen LogP contribution in [0.15, 0.2) is 48.5 Å². The fraction of sp³-hybridized carbons (Fsp3) is 0.118. The molecule has 2 aromatic rings. The molecule has 2 aromatic carbocycles. The maximum Gasteiger partial charge on any atom is 0.417 e. The zero-order chi connectivity index (χ0) is 17.2. The molecule has 0 aliphatic heterocycles. The number of ketones is 1. The fourth-order valence-corrected chi connectivity index (χ4v) is 2.50. The third kappa shape index (κ3) is 4.60. The van der Waals surface area contributed by atoms with Gasteiger partial charge in [0.25, 0.3) is 0 Å². The van der Waals surface area contributed by atoms with Crippen molar-refractivity contribution in [3.63, 3.8) is 0 Å². The normalized spacial score (nSPS) is 12.3. The van der Waals surface area contributed by atoms with Gasteiger partial charge in [0.05, 0.1) is 5.57 Å². The summed E-state index contributed by atoms with van der Waals surface area (Å²) >= 11 is 11.5. The lowest BCUT2D eigenvalue weighted by molar-refractivity contribution is -0.0689. The lowest BCUT2D eigenvalue weighted by Gasteiger charge is -2.13. The van der Waals surface area contributed by atoms with E-state index in [2.05, 4.69) is 0 Å². The van der Waals surface area contributed by atoms with E-state index in [0.717, 1.165) is 17.7 Å². The van der Waals surface area contributed by atoms with Gasteiger partial charge in [-0.2, -0.15) is 13.2 Å². The van der Waals surface area contributed by atoms with Gasteiger partial charge < -0.3 is 0 Å². The third-order valence-corrected chi connectivity index (χ3v) is 3.53. The molecule has 0 N–H and O–H groups in total. The van der Waals surface area contributed by atoms with E-state index in [1.54, 1.807) is 12.1 Å². The zero-order valence-corrected chi connectivity index (χ0v) is 13.4. The maximum atomic E-state index is 13.3. The van der Waals surface area contributed by atoms with Crippen LogP contribution in [0.3, 0.4) is 0 Å². The Labute approximate surface area is 141 Å². The molecule has 0 heterocycles. The van der Waals surface area contributed by atoms with E-state index in [4.69, 9.17) is 23.2 Å².